The van der Waals surface area contributed by atoms with Crippen LogP contribution in [-0.4, -0.2) is 18.7 Å². The van der Waals surface area contributed by atoms with Gasteiger partial charge in [-0.15, -0.1) is 0 Å². The maximum atomic E-state index is 12.5. The van der Waals surface area contributed by atoms with E-state index < -0.39 is 0 Å². The average molecular weight is 389 g/mol. The monoisotopic (exact) mass is 388 g/mol. The molecule has 7 heteroatoms. The summed E-state index contributed by atoms with van der Waals surface area (Å²) < 4.78 is 5.35. The standard InChI is InChI=1S/C17H17BrN4O2/c1-4-22-13(10-7-11-5-8-12(18)9-6-11)19-15-14(22)16(23)21(3)17(24)20(15)2/h5-10H,4H2,1-3H3/b10-7+. The molecule has 2 heterocycles. The maximum Gasteiger partial charge on any atom is 0.332 e. The Morgan fingerprint density at radius 1 is 1.08 bits per heavy atom. The van der Waals surface area contributed by atoms with Gasteiger partial charge in [0.2, 0.25) is 0 Å². The van der Waals surface area contributed by atoms with Crippen LogP contribution in [0.4, 0.5) is 0 Å². The van der Waals surface area contributed by atoms with Gasteiger partial charge in [0.05, 0.1) is 0 Å². The Morgan fingerprint density at radius 3 is 2.38 bits per heavy atom. The lowest BCUT2D eigenvalue weighted by Gasteiger charge is -2.05. The zero-order valence-corrected chi connectivity index (χ0v) is 15.2. The van der Waals surface area contributed by atoms with Crippen LogP contribution in [0.1, 0.15) is 18.3 Å². The summed E-state index contributed by atoms with van der Waals surface area (Å²) in [5.74, 6) is 0.647. The van der Waals surface area contributed by atoms with Gasteiger partial charge in [0.25, 0.3) is 5.56 Å². The van der Waals surface area contributed by atoms with Crippen molar-refractivity contribution in [1.29, 1.82) is 0 Å². The van der Waals surface area contributed by atoms with E-state index in [-0.39, 0.29) is 11.2 Å². The Labute approximate surface area is 146 Å². The molecule has 0 saturated heterocycles. The maximum absolute atomic E-state index is 12.5. The average Bonchev–Trinajstić information content (AvgIpc) is 2.96. The van der Waals surface area contributed by atoms with Crippen molar-refractivity contribution in [3.05, 3.63) is 61.0 Å². The Morgan fingerprint density at radius 2 is 1.75 bits per heavy atom. The number of fused-ring (bicyclic) bond motifs is 1. The van der Waals surface area contributed by atoms with Crippen molar-refractivity contribution in [2.75, 3.05) is 0 Å². The second kappa shape index (κ2) is 6.24. The van der Waals surface area contributed by atoms with Crippen LogP contribution < -0.4 is 11.2 Å². The molecule has 0 aliphatic rings. The molecule has 0 N–H and O–H groups in total. The summed E-state index contributed by atoms with van der Waals surface area (Å²) in [6.07, 6.45) is 3.79. The number of nitrogens with zero attached hydrogens (tertiary/aromatic N) is 4. The lowest BCUT2D eigenvalue weighted by molar-refractivity contribution is 0.699. The summed E-state index contributed by atoms with van der Waals surface area (Å²) in [7, 11) is 3.10. The van der Waals surface area contributed by atoms with Crippen molar-refractivity contribution in [3.63, 3.8) is 0 Å². The predicted octanol–water partition coefficient (Wildman–Crippen LogP) is 2.39. The van der Waals surface area contributed by atoms with Crippen LogP contribution >= 0.6 is 15.9 Å². The number of imidazole rings is 1. The zero-order chi connectivity index (χ0) is 17.4. The van der Waals surface area contributed by atoms with Crippen molar-refractivity contribution in [2.24, 2.45) is 14.1 Å². The topological polar surface area (TPSA) is 61.8 Å². The number of halogens is 1. The first-order valence-electron chi connectivity index (χ1n) is 7.54. The van der Waals surface area contributed by atoms with E-state index in [1.165, 1.54) is 11.6 Å². The summed E-state index contributed by atoms with van der Waals surface area (Å²) in [5, 5.41) is 0. The van der Waals surface area contributed by atoms with E-state index in [1.807, 2.05) is 47.9 Å². The molecule has 0 spiro atoms. The molecule has 0 aliphatic carbocycles. The molecule has 0 fully saturated rings. The number of rotatable bonds is 3. The molecule has 0 aliphatic heterocycles. The highest BCUT2D eigenvalue weighted by atomic mass is 79.9. The highest BCUT2D eigenvalue weighted by molar-refractivity contribution is 9.10. The molecule has 1 aromatic carbocycles. The van der Waals surface area contributed by atoms with Crippen LogP contribution in [0.5, 0.6) is 0 Å². The largest absolute Gasteiger partial charge is 0.332 e. The first-order valence-corrected chi connectivity index (χ1v) is 8.33. The Hall–Kier alpha value is -2.41. The van der Waals surface area contributed by atoms with Gasteiger partial charge in [0.15, 0.2) is 11.2 Å². The molecular formula is C17H17BrN4O2. The Balaban J connectivity index is 2.20. The molecular weight excluding hydrogens is 372 g/mol. The second-order valence-corrected chi connectivity index (χ2v) is 6.39. The van der Waals surface area contributed by atoms with Gasteiger partial charge in [-0.3, -0.25) is 13.9 Å². The summed E-state index contributed by atoms with van der Waals surface area (Å²) in [6.45, 7) is 2.53. The molecule has 24 heavy (non-hydrogen) atoms. The molecule has 6 nitrogen and oxygen atoms in total. The Kier molecular flexibility index (Phi) is 4.28. The number of hydrogen-bond acceptors (Lipinski definition) is 3. The fourth-order valence-electron chi connectivity index (χ4n) is 2.66. The summed E-state index contributed by atoms with van der Waals surface area (Å²) in [5.41, 5.74) is 1.16. The molecule has 0 amide bonds. The minimum atomic E-state index is -0.378. The minimum absolute atomic E-state index is 0.328. The molecule has 3 rings (SSSR count). The zero-order valence-electron chi connectivity index (χ0n) is 13.7. The van der Waals surface area contributed by atoms with Crippen LogP contribution in [-0.2, 0) is 20.6 Å². The van der Waals surface area contributed by atoms with Gasteiger partial charge in [-0.25, -0.2) is 9.78 Å². The SMILES string of the molecule is CCn1c(/C=C/c2ccc(Br)cc2)nc2c1c(=O)n(C)c(=O)n2C. The number of aromatic nitrogens is 4. The van der Waals surface area contributed by atoms with Gasteiger partial charge < -0.3 is 4.57 Å². The molecule has 124 valence electrons. The van der Waals surface area contributed by atoms with E-state index in [0.29, 0.717) is 23.5 Å². The first kappa shape index (κ1) is 16.4. The van der Waals surface area contributed by atoms with Crippen LogP contribution in [0.25, 0.3) is 23.3 Å². The second-order valence-electron chi connectivity index (χ2n) is 5.48. The van der Waals surface area contributed by atoms with E-state index >= 15 is 0 Å². The van der Waals surface area contributed by atoms with Gasteiger partial charge in [-0.05, 0) is 30.7 Å². The molecule has 0 unspecified atom stereocenters. The van der Waals surface area contributed by atoms with Crippen molar-refractivity contribution in [3.8, 4) is 0 Å². The van der Waals surface area contributed by atoms with Crippen LogP contribution in [0.2, 0.25) is 0 Å². The molecule has 0 saturated carbocycles. The van der Waals surface area contributed by atoms with E-state index in [1.54, 1.807) is 7.05 Å². The third-order valence-corrected chi connectivity index (χ3v) is 4.52. The summed E-state index contributed by atoms with van der Waals surface area (Å²) in [4.78, 5) is 29.0. The molecule has 2 aromatic heterocycles. The molecule has 3 aromatic rings. The smallest absolute Gasteiger partial charge is 0.319 e. The van der Waals surface area contributed by atoms with E-state index in [0.717, 1.165) is 14.6 Å². The van der Waals surface area contributed by atoms with Crippen LogP contribution in [0.3, 0.4) is 0 Å². The number of aryl methyl sites for hydroxylation is 2. The number of hydrogen-bond donors (Lipinski definition) is 0. The predicted molar refractivity (Wildman–Crippen MR) is 99.0 cm³/mol. The highest BCUT2D eigenvalue weighted by Gasteiger charge is 2.16. The summed E-state index contributed by atoms with van der Waals surface area (Å²) >= 11 is 3.41. The highest BCUT2D eigenvalue weighted by Crippen LogP contribution is 2.16. The fraction of sp³-hybridized carbons (Fsp3) is 0.235. The Bertz CT molecular complexity index is 1060. The van der Waals surface area contributed by atoms with Crippen molar-refractivity contribution >= 4 is 39.2 Å². The lowest BCUT2D eigenvalue weighted by atomic mass is 10.2. The lowest BCUT2D eigenvalue weighted by Crippen LogP contribution is -2.37. The normalized spacial score (nSPS) is 11.7. The van der Waals surface area contributed by atoms with Gasteiger partial charge in [0.1, 0.15) is 5.82 Å². The molecule has 0 radical (unpaired) electrons. The quantitative estimate of drug-likeness (QED) is 0.691. The molecule has 0 atom stereocenters. The van der Waals surface area contributed by atoms with Gasteiger partial charge in [0, 0.05) is 25.1 Å². The van der Waals surface area contributed by atoms with Crippen molar-refractivity contribution < 1.29 is 0 Å². The van der Waals surface area contributed by atoms with E-state index in [9.17, 15) is 9.59 Å². The molecule has 0 bridgehead atoms. The van der Waals surface area contributed by atoms with E-state index in [4.69, 9.17) is 0 Å². The van der Waals surface area contributed by atoms with Gasteiger partial charge in [-0.2, -0.15) is 0 Å². The van der Waals surface area contributed by atoms with Gasteiger partial charge in [-0.1, -0.05) is 34.1 Å². The van der Waals surface area contributed by atoms with Crippen LogP contribution in [0, 0.1) is 0 Å². The first-order chi connectivity index (χ1) is 11.4. The summed E-state index contributed by atoms with van der Waals surface area (Å²) in [6, 6.07) is 7.88. The van der Waals surface area contributed by atoms with Gasteiger partial charge >= 0.3 is 5.69 Å². The third kappa shape index (κ3) is 2.65. The fourth-order valence-corrected chi connectivity index (χ4v) is 2.92. The van der Waals surface area contributed by atoms with Crippen LogP contribution in [0.15, 0.2) is 38.3 Å². The van der Waals surface area contributed by atoms with Crippen molar-refractivity contribution in [2.45, 2.75) is 13.5 Å². The minimum Gasteiger partial charge on any atom is -0.319 e. The van der Waals surface area contributed by atoms with Crippen molar-refractivity contribution in [1.82, 2.24) is 18.7 Å². The van der Waals surface area contributed by atoms with E-state index in [2.05, 4.69) is 20.9 Å². The third-order valence-electron chi connectivity index (χ3n) is 3.99. The number of benzene rings is 1.